The standard InChI is InChI=1S/C18H18N2O/c1-2-5-15(6-3-1)16-8-10-18(11-9-16)21-12-4-7-17-13-19-14-20-17/h1-3,5-6,8-11,13-14H,4,7,12H2,(H,19,20). The molecular weight excluding hydrogens is 260 g/mol. The summed E-state index contributed by atoms with van der Waals surface area (Å²) >= 11 is 0. The first-order valence-corrected chi connectivity index (χ1v) is 7.17. The third-order valence-electron chi connectivity index (χ3n) is 3.38. The highest BCUT2D eigenvalue weighted by Crippen LogP contribution is 2.22. The molecule has 0 bridgehead atoms. The van der Waals surface area contributed by atoms with Crippen molar-refractivity contribution in [2.24, 2.45) is 0 Å². The Morgan fingerprint density at radius 1 is 0.905 bits per heavy atom. The molecule has 2 aromatic carbocycles. The van der Waals surface area contributed by atoms with Crippen molar-refractivity contribution >= 4 is 0 Å². The minimum absolute atomic E-state index is 0.712. The molecule has 0 aliphatic rings. The molecule has 1 heterocycles. The summed E-state index contributed by atoms with van der Waals surface area (Å²) in [5.41, 5.74) is 3.58. The van der Waals surface area contributed by atoms with E-state index < -0.39 is 0 Å². The lowest BCUT2D eigenvalue weighted by molar-refractivity contribution is 0.310. The predicted molar refractivity (Wildman–Crippen MR) is 84.3 cm³/mol. The number of nitrogens with one attached hydrogen (secondary N) is 1. The van der Waals surface area contributed by atoms with Crippen molar-refractivity contribution in [3.8, 4) is 16.9 Å². The van der Waals surface area contributed by atoms with E-state index in [4.69, 9.17) is 4.74 Å². The molecule has 0 spiro atoms. The van der Waals surface area contributed by atoms with Crippen LogP contribution in [0.2, 0.25) is 0 Å². The Labute approximate surface area is 124 Å². The van der Waals surface area contributed by atoms with E-state index in [2.05, 4.69) is 46.4 Å². The average Bonchev–Trinajstić information content (AvgIpc) is 3.06. The number of nitrogens with zero attached hydrogens (tertiary/aromatic N) is 1. The third-order valence-corrected chi connectivity index (χ3v) is 3.38. The molecule has 1 aromatic heterocycles. The van der Waals surface area contributed by atoms with E-state index in [0.717, 1.165) is 24.3 Å². The largest absolute Gasteiger partial charge is 0.494 e. The molecule has 3 nitrogen and oxygen atoms in total. The van der Waals surface area contributed by atoms with Crippen molar-refractivity contribution in [2.45, 2.75) is 12.8 Å². The van der Waals surface area contributed by atoms with E-state index in [-0.39, 0.29) is 0 Å². The molecular formula is C18H18N2O. The number of H-pyrrole nitrogens is 1. The quantitative estimate of drug-likeness (QED) is 0.690. The zero-order valence-corrected chi connectivity index (χ0v) is 11.8. The van der Waals surface area contributed by atoms with Gasteiger partial charge < -0.3 is 9.72 Å². The third kappa shape index (κ3) is 3.72. The number of aromatic nitrogens is 2. The Morgan fingerprint density at radius 3 is 2.38 bits per heavy atom. The molecule has 0 aliphatic heterocycles. The summed E-state index contributed by atoms with van der Waals surface area (Å²) in [5.74, 6) is 0.916. The summed E-state index contributed by atoms with van der Waals surface area (Å²) < 4.78 is 5.76. The summed E-state index contributed by atoms with van der Waals surface area (Å²) in [6.45, 7) is 0.712. The smallest absolute Gasteiger partial charge is 0.119 e. The van der Waals surface area contributed by atoms with Gasteiger partial charge in [-0.2, -0.15) is 0 Å². The van der Waals surface area contributed by atoms with E-state index >= 15 is 0 Å². The lowest BCUT2D eigenvalue weighted by Crippen LogP contribution is -1.99. The summed E-state index contributed by atoms with van der Waals surface area (Å²) in [6.07, 6.45) is 5.50. The highest BCUT2D eigenvalue weighted by atomic mass is 16.5. The maximum Gasteiger partial charge on any atom is 0.119 e. The van der Waals surface area contributed by atoms with E-state index in [1.165, 1.54) is 11.1 Å². The molecule has 0 saturated carbocycles. The Morgan fingerprint density at radius 2 is 1.67 bits per heavy atom. The van der Waals surface area contributed by atoms with Crippen LogP contribution in [0, 0.1) is 0 Å². The molecule has 3 aromatic rings. The molecule has 0 atom stereocenters. The van der Waals surface area contributed by atoms with Crippen LogP contribution in [0.5, 0.6) is 5.75 Å². The Bertz CT molecular complexity index is 645. The summed E-state index contributed by atoms with van der Waals surface area (Å²) in [6, 6.07) is 18.6. The lowest BCUT2D eigenvalue weighted by atomic mass is 10.1. The van der Waals surface area contributed by atoms with Crippen LogP contribution in [0.4, 0.5) is 0 Å². The second-order valence-electron chi connectivity index (χ2n) is 4.92. The Hall–Kier alpha value is -2.55. The highest BCUT2D eigenvalue weighted by molar-refractivity contribution is 5.63. The zero-order chi connectivity index (χ0) is 14.3. The highest BCUT2D eigenvalue weighted by Gasteiger charge is 1.99. The molecule has 0 aliphatic carbocycles. The van der Waals surface area contributed by atoms with Gasteiger partial charge in [-0.3, -0.25) is 0 Å². The SMILES string of the molecule is c1ccc(-c2ccc(OCCCc3cnc[nH]3)cc2)cc1. The van der Waals surface area contributed by atoms with Crippen molar-refractivity contribution in [1.82, 2.24) is 9.97 Å². The van der Waals surface area contributed by atoms with Crippen LogP contribution in [0.15, 0.2) is 67.1 Å². The average molecular weight is 278 g/mol. The minimum atomic E-state index is 0.712. The van der Waals surface area contributed by atoms with E-state index in [1.54, 1.807) is 6.33 Å². The number of benzene rings is 2. The van der Waals surface area contributed by atoms with Crippen molar-refractivity contribution in [2.75, 3.05) is 6.61 Å². The Balaban J connectivity index is 1.50. The van der Waals surface area contributed by atoms with Gasteiger partial charge in [-0.05, 0) is 36.1 Å². The molecule has 1 N–H and O–H groups in total. The van der Waals surface area contributed by atoms with E-state index in [1.807, 2.05) is 24.4 Å². The van der Waals surface area contributed by atoms with Crippen LogP contribution < -0.4 is 4.74 Å². The van der Waals surface area contributed by atoms with E-state index in [9.17, 15) is 0 Å². The molecule has 21 heavy (non-hydrogen) atoms. The van der Waals surface area contributed by atoms with Gasteiger partial charge in [-0.25, -0.2) is 4.98 Å². The number of aromatic amines is 1. The van der Waals surface area contributed by atoms with Crippen LogP contribution in [-0.4, -0.2) is 16.6 Å². The van der Waals surface area contributed by atoms with Gasteiger partial charge in [0.1, 0.15) is 5.75 Å². The molecule has 106 valence electrons. The summed E-state index contributed by atoms with van der Waals surface area (Å²) in [5, 5.41) is 0. The molecule has 0 radical (unpaired) electrons. The van der Waals surface area contributed by atoms with Crippen LogP contribution in [0.1, 0.15) is 12.1 Å². The van der Waals surface area contributed by atoms with Gasteiger partial charge in [-0.15, -0.1) is 0 Å². The van der Waals surface area contributed by atoms with E-state index in [0.29, 0.717) is 6.61 Å². The number of hydrogen-bond donors (Lipinski definition) is 1. The fourth-order valence-electron chi connectivity index (χ4n) is 2.25. The maximum atomic E-state index is 5.76. The number of rotatable bonds is 6. The molecule has 0 amide bonds. The minimum Gasteiger partial charge on any atom is -0.494 e. The summed E-state index contributed by atoms with van der Waals surface area (Å²) in [4.78, 5) is 7.10. The van der Waals surface area contributed by atoms with Gasteiger partial charge in [0, 0.05) is 11.9 Å². The predicted octanol–water partition coefficient (Wildman–Crippen LogP) is 4.09. The van der Waals surface area contributed by atoms with Gasteiger partial charge in [0.2, 0.25) is 0 Å². The van der Waals surface area contributed by atoms with Crippen LogP contribution in [-0.2, 0) is 6.42 Å². The first kappa shape index (κ1) is 13.4. The van der Waals surface area contributed by atoms with Gasteiger partial charge in [0.25, 0.3) is 0 Å². The molecule has 0 fully saturated rings. The number of aryl methyl sites for hydroxylation is 1. The van der Waals surface area contributed by atoms with Crippen molar-refractivity contribution in [3.05, 3.63) is 72.8 Å². The van der Waals surface area contributed by atoms with Gasteiger partial charge in [0.05, 0.1) is 12.9 Å². The van der Waals surface area contributed by atoms with Crippen molar-refractivity contribution < 1.29 is 4.74 Å². The molecule has 3 rings (SSSR count). The zero-order valence-electron chi connectivity index (χ0n) is 11.8. The first-order valence-electron chi connectivity index (χ1n) is 7.17. The molecule has 0 unspecified atom stereocenters. The van der Waals surface area contributed by atoms with Gasteiger partial charge in [0.15, 0.2) is 0 Å². The van der Waals surface area contributed by atoms with Crippen LogP contribution >= 0.6 is 0 Å². The number of imidazole rings is 1. The first-order chi connectivity index (χ1) is 10.4. The fraction of sp³-hybridized carbons (Fsp3) is 0.167. The normalized spacial score (nSPS) is 10.5. The monoisotopic (exact) mass is 278 g/mol. The van der Waals surface area contributed by atoms with Crippen molar-refractivity contribution in [1.29, 1.82) is 0 Å². The fourth-order valence-corrected chi connectivity index (χ4v) is 2.25. The van der Waals surface area contributed by atoms with Crippen LogP contribution in [0.25, 0.3) is 11.1 Å². The molecule has 0 saturated heterocycles. The topological polar surface area (TPSA) is 37.9 Å². The molecule has 3 heteroatoms. The number of ether oxygens (including phenoxy) is 1. The van der Waals surface area contributed by atoms with Gasteiger partial charge >= 0.3 is 0 Å². The Kier molecular flexibility index (Phi) is 4.32. The number of hydrogen-bond acceptors (Lipinski definition) is 2. The second kappa shape index (κ2) is 6.75. The second-order valence-corrected chi connectivity index (χ2v) is 4.92. The van der Waals surface area contributed by atoms with Crippen LogP contribution in [0.3, 0.4) is 0 Å². The van der Waals surface area contributed by atoms with Gasteiger partial charge in [-0.1, -0.05) is 42.5 Å². The summed E-state index contributed by atoms with van der Waals surface area (Å²) in [7, 11) is 0. The maximum absolute atomic E-state index is 5.76. The van der Waals surface area contributed by atoms with Crippen molar-refractivity contribution in [3.63, 3.8) is 0 Å². The lowest BCUT2D eigenvalue weighted by Gasteiger charge is -2.07.